The summed E-state index contributed by atoms with van der Waals surface area (Å²) in [6, 6.07) is 3.91. The summed E-state index contributed by atoms with van der Waals surface area (Å²) in [6.07, 6.45) is 4.68. The van der Waals surface area contributed by atoms with Crippen molar-refractivity contribution in [3.8, 4) is 0 Å². The highest BCUT2D eigenvalue weighted by atomic mass is 16.3. The molecule has 0 saturated heterocycles. The first-order valence-corrected chi connectivity index (χ1v) is 4.70. The van der Waals surface area contributed by atoms with Gasteiger partial charge in [0.1, 0.15) is 11.5 Å². The Morgan fingerprint density at radius 3 is 2.79 bits per heavy atom. The highest BCUT2D eigenvalue weighted by molar-refractivity contribution is 5.65. The number of aliphatic hydroxyl groups is 1. The van der Waals surface area contributed by atoms with Crippen LogP contribution in [0.1, 0.15) is 30.8 Å². The second kappa shape index (κ2) is 4.61. The smallest absolute Gasteiger partial charge is 0.134 e. The molecule has 0 atom stereocenters. The second-order valence-electron chi connectivity index (χ2n) is 3.04. The van der Waals surface area contributed by atoms with Crippen molar-refractivity contribution in [2.24, 2.45) is 0 Å². The number of hydrogen-bond donors (Lipinski definition) is 1. The van der Waals surface area contributed by atoms with E-state index in [-0.39, 0.29) is 5.76 Å². The first-order chi connectivity index (χ1) is 6.69. The van der Waals surface area contributed by atoms with Gasteiger partial charge in [0, 0.05) is 11.3 Å². The lowest BCUT2D eigenvalue weighted by atomic mass is 10.1. The van der Waals surface area contributed by atoms with Crippen molar-refractivity contribution < 1.29 is 5.11 Å². The Hall–Kier alpha value is -1.57. The van der Waals surface area contributed by atoms with Crippen molar-refractivity contribution in [3.05, 3.63) is 41.7 Å². The lowest BCUT2D eigenvalue weighted by Crippen LogP contribution is -1.96. The van der Waals surface area contributed by atoms with Gasteiger partial charge in [-0.3, -0.25) is 0 Å². The van der Waals surface area contributed by atoms with Crippen molar-refractivity contribution in [1.82, 2.24) is 4.98 Å². The summed E-state index contributed by atoms with van der Waals surface area (Å²) in [5.74, 6) is 0.0217. The number of aromatic nitrogens is 1. The van der Waals surface area contributed by atoms with Gasteiger partial charge in [-0.1, -0.05) is 31.7 Å². The van der Waals surface area contributed by atoms with E-state index in [2.05, 4.69) is 11.6 Å². The van der Waals surface area contributed by atoms with E-state index in [1.807, 2.05) is 38.1 Å². The summed E-state index contributed by atoms with van der Waals surface area (Å²) in [6.45, 7) is 7.46. The average molecular weight is 189 g/mol. The van der Waals surface area contributed by atoms with Gasteiger partial charge in [-0.2, -0.15) is 0 Å². The molecule has 0 aliphatic carbocycles. The summed E-state index contributed by atoms with van der Waals surface area (Å²) in [7, 11) is 0. The van der Waals surface area contributed by atoms with Crippen molar-refractivity contribution >= 4 is 11.8 Å². The largest absolute Gasteiger partial charge is 0.506 e. The fourth-order valence-corrected chi connectivity index (χ4v) is 1.25. The third-order valence-corrected chi connectivity index (χ3v) is 1.97. The molecule has 0 spiro atoms. The van der Waals surface area contributed by atoms with E-state index in [1.54, 1.807) is 0 Å². The molecular weight excluding hydrogens is 174 g/mol. The average Bonchev–Trinajstić information content (AvgIpc) is 2.18. The summed E-state index contributed by atoms with van der Waals surface area (Å²) >= 11 is 0. The summed E-state index contributed by atoms with van der Waals surface area (Å²) in [5.41, 5.74) is 2.43. The van der Waals surface area contributed by atoms with Gasteiger partial charge in [-0.15, -0.1) is 0 Å². The van der Waals surface area contributed by atoms with E-state index >= 15 is 0 Å². The predicted octanol–water partition coefficient (Wildman–Crippen LogP) is 3.21. The molecular formula is C12H15NO. The summed E-state index contributed by atoms with van der Waals surface area (Å²) in [5, 5.41) is 9.36. The maximum atomic E-state index is 9.36. The van der Waals surface area contributed by atoms with Gasteiger partial charge in [0.05, 0.1) is 0 Å². The highest BCUT2D eigenvalue weighted by Gasteiger charge is 2.05. The molecule has 0 fully saturated rings. The molecule has 0 aromatic carbocycles. The second-order valence-corrected chi connectivity index (χ2v) is 3.04. The van der Waals surface area contributed by atoms with Crippen LogP contribution < -0.4 is 0 Å². The molecule has 1 aromatic heterocycles. The SMILES string of the molecule is C=C(O)c1nc(CC)ccc1/C=C\C. The predicted molar refractivity (Wildman–Crippen MR) is 60.0 cm³/mol. The zero-order chi connectivity index (χ0) is 10.6. The molecule has 1 heterocycles. The molecule has 14 heavy (non-hydrogen) atoms. The van der Waals surface area contributed by atoms with Crippen LogP contribution >= 0.6 is 0 Å². The number of aryl methyl sites for hydroxylation is 1. The van der Waals surface area contributed by atoms with E-state index in [1.165, 1.54) is 0 Å². The van der Waals surface area contributed by atoms with Crippen LogP contribution in [0.4, 0.5) is 0 Å². The third-order valence-electron chi connectivity index (χ3n) is 1.97. The first kappa shape index (κ1) is 10.5. The number of pyridine rings is 1. The number of nitrogens with zero attached hydrogens (tertiary/aromatic N) is 1. The normalized spacial score (nSPS) is 10.7. The lowest BCUT2D eigenvalue weighted by molar-refractivity contribution is 0.510. The van der Waals surface area contributed by atoms with Gasteiger partial charge < -0.3 is 5.11 Å². The monoisotopic (exact) mass is 189 g/mol. The van der Waals surface area contributed by atoms with Crippen LogP contribution in [0.15, 0.2) is 24.8 Å². The van der Waals surface area contributed by atoms with Crippen molar-refractivity contribution in [2.75, 3.05) is 0 Å². The van der Waals surface area contributed by atoms with E-state index in [4.69, 9.17) is 0 Å². The van der Waals surface area contributed by atoms with E-state index in [0.717, 1.165) is 17.7 Å². The number of hydrogen-bond acceptors (Lipinski definition) is 2. The lowest BCUT2D eigenvalue weighted by Gasteiger charge is -2.05. The highest BCUT2D eigenvalue weighted by Crippen LogP contribution is 2.16. The molecule has 1 N–H and O–H groups in total. The zero-order valence-corrected chi connectivity index (χ0v) is 8.62. The molecule has 0 aliphatic rings. The van der Waals surface area contributed by atoms with E-state index in [0.29, 0.717) is 5.69 Å². The molecule has 1 rings (SSSR count). The van der Waals surface area contributed by atoms with Crippen LogP contribution in [0.25, 0.3) is 11.8 Å². The maximum absolute atomic E-state index is 9.36. The fourth-order valence-electron chi connectivity index (χ4n) is 1.25. The van der Waals surface area contributed by atoms with Crippen LogP contribution in [-0.4, -0.2) is 10.1 Å². The van der Waals surface area contributed by atoms with Crippen molar-refractivity contribution in [2.45, 2.75) is 20.3 Å². The third kappa shape index (κ3) is 2.22. The van der Waals surface area contributed by atoms with Gasteiger partial charge in [0.15, 0.2) is 0 Å². The fraction of sp³-hybridized carbons (Fsp3) is 0.250. The van der Waals surface area contributed by atoms with Gasteiger partial charge in [0.2, 0.25) is 0 Å². The Bertz CT molecular complexity index is 367. The molecule has 1 aromatic rings. The topological polar surface area (TPSA) is 33.1 Å². The van der Waals surface area contributed by atoms with E-state index in [9.17, 15) is 5.11 Å². The number of aliphatic hydroxyl groups excluding tert-OH is 1. The Kier molecular flexibility index (Phi) is 3.46. The minimum Gasteiger partial charge on any atom is -0.506 e. The van der Waals surface area contributed by atoms with Crippen LogP contribution in [0.2, 0.25) is 0 Å². The van der Waals surface area contributed by atoms with E-state index < -0.39 is 0 Å². The standard InChI is InChI=1S/C12H15NO/c1-4-6-10-7-8-11(5-2)13-12(10)9(3)14/h4,6-8,14H,3,5H2,1-2H3/b6-4-. The van der Waals surface area contributed by atoms with Crippen molar-refractivity contribution in [3.63, 3.8) is 0 Å². The molecule has 0 aliphatic heterocycles. The molecule has 2 nitrogen and oxygen atoms in total. The van der Waals surface area contributed by atoms with Gasteiger partial charge in [-0.05, 0) is 19.4 Å². The number of allylic oxidation sites excluding steroid dienone is 1. The van der Waals surface area contributed by atoms with Crippen LogP contribution in [-0.2, 0) is 6.42 Å². The maximum Gasteiger partial charge on any atom is 0.134 e. The zero-order valence-electron chi connectivity index (χ0n) is 8.62. The molecule has 0 bridgehead atoms. The summed E-state index contributed by atoms with van der Waals surface area (Å²) < 4.78 is 0. The molecule has 2 heteroatoms. The molecule has 0 saturated carbocycles. The quantitative estimate of drug-likeness (QED) is 0.740. The van der Waals surface area contributed by atoms with Crippen LogP contribution in [0, 0.1) is 0 Å². The van der Waals surface area contributed by atoms with Crippen molar-refractivity contribution in [1.29, 1.82) is 0 Å². The van der Waals surface area contributed by atoms with Crippen LogP contribution in [0.3, 0.4) is 0 Å². The minimum atomic E-state index is 0.0217. The van der Waals surface area contributed by atoms with Gasteiger partial charge in [-0.25, -0.2) is 4.98 Å². The minimum absolute atomic E-state index is 0.0217. The molecule has 0 unspecified atom stereocenters. The van der Waals surface area contributed by atoms with Gasteiger partial charge >= 0.3 is 0 Å². The Morgan fingerprint density at radius 1 is 1.57 bits per heavy atom. The summed E-state index contributed by atoms with van der Waals surface area (Å²) in [4.78, 5) is 4.31. The Morgan fingerprint density at radius 2 is 2.29 bits per heavy atom. The number of rotatable bonds is 3. The van der Waals surface area contributed by atoms with Crippen LogP contribution in [0.5, 0.6) is 0 Å². The van der Waals surface area contributed by atoms with Gasteiger partial charge in [0.25, 0.3) is 0 Å². The Labute approximate surface area is 84.6 Å². The molecule has 0 radical (unpaired) electrons. The molecule has 74 valence electrons. The first-order valence-electron chi connectivity index (χ1n) is 4.70. The molecule has 0 amide bonds. The Balaban J connectivity index is 3.23.